The van der Waals surface area contributed by atoms with E-state index in [1.54, 1.807) is 0 Å². The Kier molecular flexibility index (Phi) is 2.64. The highest BCUT2D eigenvalue weighted by molar-refractivity contribution is 5.83. The Morgan fingerprint density at radius 1 is 1.19 bits per heavy atom. The number of hydrogen-bond donors (Lipinski definition) is 1. The molecule has 2 unspecified atom stereocenters. The first-order chi connectivity index (χ1) is 7.74. The molecule has 0 aromatic carbocycles. The number of piperidine rings is 3. The third-order valence-corrected chi connectivity index (χ3v) is 4.50. The Bertz CT molecular complexity index is 286. The molecular weight excluding hydrogens is 202 g/mol. The predicted octanol–water partition coefficient (Wildman–Crippen LogP) is -0.0991. The van der Waals surface area contributed by atoms with Crippen LogP contribution in [0.2, 0.25) is 0 Å². The van der Waals surface area contributed by atoms with Gasteiger partial charge < -0.3 is 15.1 Å². The lowest BCUT2D eigenvalue weighted by atomic mass is 9.83. The summed E-state index contributed by atoms with van der Waals surface area (Å²) < 4.78 is 0. The zero-order valence-corrected chi connectivity index (χ0v) is 9.98. The smallest absolute Gasteiger partial charge is 0.239 e. The number of carbonyl (C=O) groups excluding carboxylic acids is 1. The van der Waals surface area contributed by atoms with Gasteiger partial charge in [-0.25, -0.2) is 0 Å². The minimum atomic E-state index is 0.0931. The van der Waals surface area contributed by atoms with Gasteiger partial charge >= 0.3 is 0 Å². The Hall–Kier alpha value is -0.610. The van der Waals surface area contributed by atoms with Crippen molar-refractivity contribution in [2.75, 3.05) is 33.2 Å². The van der Waals surface area contributed by atoms with E-state index in [-0.39, 0.29) is 11.9 Å². The van der Waals surface area contributed by atoms with Gasteiger partial charge in [0.25, 0.3) is 0 Å². The van der Waals surface area contributed by atoms with E-state index in [0.717, 1.165) is 25.4 Å². The van der Waals surface area contributed by atoms with E-state index in [4.69, 9.17) is 0 Å². The van der Waals surface area contributed by atoms with Crippen molar-refractivity contribution in [2.45, 2.75) is 31.3 Å². The van der Waals surface area contributed by atoms with Gasteiger partial charge in [-0.05, 0) is 38.3 Å². The lowest BCUT2D eigenvalue weighted by molar-refractivity contribution is -0.128. The van der Waals surface area contributed by atoms with Crippen LogP contribution in [-0.4, -0.2) is 61.0 Å². The molecule has 16 heavy (non-hydrogen) atoms. The molecule has 0 aliphatic carbocycles. The van der Waals surface area contributed by atoms with Crippen molar-refractivity contribution in [3.63, 3.8) is 0 Å². The number of nitrogens with zero attached hydrogens (tertiary/aromatic N) is 2. The van der Waals surface area contributed by atoms with Gasteiger partial charge in [0.05, 0.1) is 6.04 Å². The first kappa shape index (κ1) is 10.5. The average molecular weight is 223 g/mol. The van der Waals surface area contributed by atoms with Gasteiger partial charge in [-0.1, -0.05) is 0 Å². The molecule has 0 spiro atoms. The second-order valence-corrected chi connectivity index (χ2v) is 5.51. The molecule has 0 aromatic rings. The summed E-state index contributed by atoms with van der Waals surface area (Å²) in [5.74, 6) is 1.10. The number of carbonyl (C=O) groups is 1. The minimum Gasteiger partial charge on any atom is -0.344 e. The topological polar surface area (TPSA) is 35.6 Å². The highest BCUT2D eigenvalue weighted by atomic mass is 16.2. The molecule has 0 aromatic heterocycles. The van der Waals surface area contributed by atoms with Crippen LogP contribution in [0, 0.1) is 5.92 Å². The molecule has 2 bridgehead atoms. The lowest BCUT2D eigenvalue weighted by Crippen LogP contribution is -2.58. The van der Waals surface area contributed by atoms with Crippen molar-refractivity contribution < 1.29 is 4.79 Å². The van der Waals surface area contributed by atoms with Crippen LogP contribution in [0.4, 0.5) is 0 Å². The monoisotopic (exact) mass is 223 g/mol. The van der Waals surface area contributed by atoms with Crippen LogP contribution >= 0.6 is 0 Å². The number of fused-ring (bicyclic) bond motifs is 3. The Labute approximate surface area is 97.0 Å². The normalized spacial score (nSPS) is 43.1. The Balaban J connectivity index is 1.61. The fourth-order valence-corrected chi connectivity index (χ4v) is 3.39. The molecule has 4 nitrogen and oxygen atoms in total. The fraction of sp³-hybridized carbons (Fsp3) is 0.917. The van der Waals surface area contributed by atoms with Gasteiger partial charge in [-0.2, -0.15) is 0 Å². The molecule has 2 atom stereocenters. The molecule has 0 saturated carbocycles. The molecule has 4 heteroatoms. The molecular formula is C12H21N3O. The maximum atomic E-state index is 11.8. The second kappa shape index (κ2) is 4.00. The molecule has 4 aliphatic heterocycles. The highest BCUT2D eigenvalue weighted by Gasteiger charge is 2.38. The lowest BCUT2D eigenvalue weighted by Gasteiger charge is -2.45. The van der Waals surface area contributed by atoms with Crippen LogP contribution in [0.15, 0.2) is 0 Å². The summed E-state index contributed by atoms with van der Waals surface area (Å²) in [6, 6.07) is 0.651. The molecule has 1 N–H and O–H groups in total. The van der Waals surface area contributed by atoms with Crippen molar-refractivity contribution in [2.24, 2.45) is 5.92 Å². The molecule has 0 radical (unpaired) electrons. The predicted molar refractivity (Wildman–Crippen MR) is 62.1 cm³/mol. The first-order valence-electron chi connectivity index (χ1n) is 6.47. The van der Waals surface area contributed by atoms with E-state index >= 15 is 0 Å². The summed E-state index contributed by atoms with van der Waals surface area (Å²) in [6.07, 6.45) is 3.61. The zero-order valence-electron chi connectivity index (χ0n) is 9.98. The van der Waals surface area contributed by atoms with Crippen LogP contribution in [0.25, 0.3) is 0 Å². The van der Waals surface area contributed by atoms with E-state index in [9.17, 15) is 4.79 Å². The average Bonchev–Trinajstić information content (AvgIpc) is 2.63. The second-order valence-electron chi connectivity index (χ2n) is 5.51. The Morgan fingerprint density at radius 3 is 2.44 bits per heavy atom. The summed E-state index contributed by atoms with van der Waals surface area (Å²) in [5.41, 5.74) is 0. The molecule has 4 fully saturated rings. The van der Waals surface area contributed by atoms with Crippen molar-refractivity contribution >= 4 is 5.91 Å². The molecule has 1 amide bonds. The van der Waals surface area contributed by atoms with Crippen molar-refractivity contribution in [1.82, 2.24) is 15.1 Å². The standard InChI is InChI=1S/C12H21N3O/c1-14-5-4-10(12(14)16)13-11-8-15-6-2-9(11)3-7-15/h9-11,13H,2-8H2,1H3. The molecule has 4 heterocycles. The van der Waals surface area contributed by atoms with Crippen molar-refractivity contribution in [3.8, 4) is 0 Å². The summed E-state index contributed by atoms with van der Waals surface area (Å²) >= 11 is 0. The van der Waals surface area contributed by atoms with Crippen LogP contribution in [0.1, 0.15) is 19.3 Å². The SMILES string of the molecule is CN1CCC(NC2CN3CCC2CC3)C1=O. The third-order valence-electron chi connectivity index (χ3n) is 4.50. The van der Waals surface area contributed by atoms with E-state index < -0.39 is 0 Å². The summed E-state index contributed by atoms with van der Waals surface area (Å²) in [5, 5.41) is 3.60. The van der Waals surface area contributed by atoms with Gasteiger partial charge in [-0.3, -0.25) is 4.79 Å². The first-order valence-corrected chi connectivity index (χ1v) is 6.47. The summed E-state index contributed by atoms with van der Waals surface area (Å²) in [7, 11) is 1.90. The minimum absolute atomic E-state index is 0.0931. The van der Waals surface area contributed by atoms with E-state index in [2.05, 4.69) is 10.2 Å². The van der Waals surface area contributed by atoms with Crippen LogP contribution in [0.3, 0.4) is 0 Å². The fourth-order valence-electron chi connectivity index (χ4n) is 3.39. The largest absolute Gasteiger partial charge is 0.344 e. The van der Waals surface area contributed by atoms with Crippen molar-refractivity contribution in [1.29, 1.82) is 0 Å². The van der Waals surface area contributed by atoms with Crippen LogP contribution in [0.5, 0.6) is 0 Å². The number of hydrogen-bond acceptors (Lipinski definition) is 3. The number of likely N-dealkylation sites (tertiary alicyclic amines) is 1. The number of likely N-dealkylation sites (N-methyl/N-ethyl adjacent to an activating group) is 1. The van der Waals surface area contributed by atoms with Gasteiger partial charge in [0, 0.05) is 26.2 Å². The van der Waals surface area contributed by atoms with Crippen LogP contribution in [-0.2, 0) is 4.79 Å². The van der Waals surface area contributed by atoms with Gasteiger partial charge in [0.15, 0.2) is 0 Å². The van der Waals surface area contributed by atoms with Gasteiger partial charge in [-0.15, -0.1) is 0 Å². The van der Waals surface area contributed by atoms with Crippen LogP contribution < -0.4 is 5.32 Å². The number of rotatable bonds is 2. The molecule has 4 rings (SSSR count). The Morgan fingerprint density at radius 2 is 1.94 bits per heavy atom. The highest BCUT2D eigenvalue weighted by Crippen LogP contribution is 2.28. The maximum Gasteiger partial charge on any atom is 0.239 e. The van der Waals surface area contributed by atoms with Gasteiger partial charge in [0.1, 0.15) is 0 Å². The third kappa shape index (κ3) is 1.74. The molecule has 90 valence electrons. The molecule has 4 aliphatic rings. The number of nitrogens with one attached hydrogen (secondary N) is 1. The summed E-state index contributed by atoms with van der Waals surface area (Å²) in [4.78, 5) is 16.2. The van der Waals surface area contributed by atoms with Gasteiger partial charge in [0.2, 0.25) is 5.91 Å². The maximum absolute atomic E-state index is 11.8. The quantitative estimate of drug-likeness (QED) is 0.710. The van der Waals surface area contributed by atoms with E-state index in [1.807, 2.05) is 11.9 Å². The van der Waals surface area contributed by atoms with E-state index in [0.29, 0.717) is 6.04 Å². The molecule has 4 saturated heterocycles. The summed E-state index contributed by atoms with van der Waals surface area (Å²) in [6.45, 7) is 4.60. The van der Waals surface area contributed by atoms with Crippen molar-refractivity contribution in [3.05, 3.63) is 0 Å². The zero-order chi connectivity index (χ0) is 11.1. The van der Waals surface area contributed by atoms with E-state index in [1.165, 1.54) is 25.9 Å². The number of amides is 1.